The van der Waals surface area contributed by atoms with E-state index in [1.807, 2.05) is 0 Å². The molecule has 0 fully saturated rings. The van der Waals surface area contributed by atoms with Gasteiger partial charge in [-0.15, -0.1) is 0 Å². The Kier molecular flexibility index (Phi) is 7.45. The number of oxime groups is 2. The van der Waals surface area contributed by atoms with Crippen molar-refractivity contribution in [2.75, 3.05) is 6.61 Å². The first-order valence-corrected chi connectivity index (χ1v) is 11.5. The fraction of sp³-hybridized carbons (Fsp3) is 0.348. The quantitative estimate of drug-likeness (QED) is 0.422. The Morgan fingerprint density at radius 3 is 2.39 bits per heavy atom. The second-order valence-corrected chi connectivity index (χ2v) is 9.35. The normalized spacial score (nSPS) is 21.3. The molecule has 2 atom stereocenters. The lowest BCUT2D eigenvalue weighted by atomic mass is 9.86. The molecule has 1 unspecified atom stereocenters. The van der Waals surface area contributed by atoms with Crippen LogP contribution in [0.2, 0.25) is 10.0 Å². The Morgan fingerprint density at radius 2 is 1.79 bits per heavy atom. The number of amides is 1. The standard InChI is InChI=1S/C23H17Cl2F6N3O4/c1-11-4-12(2-3-16(11)20(35)32-18-8-19(34-37-18)36-10-22(26,27)28)17-9-21(38-33-17,23(29,30)31)13-5-14(24)7-15(25)6-13/h2-7,18H,8-10H2,1H3,(H,32,35)/t18-,21?/m0/s1. The number of hydrogen-bond donors (Lipinski definition) is 1. The predicted molar refractivity (Wildman–Crippen MR) is 124 cm³/mol. The van der Waals surface area contributed by atoms with Gasteiger partial charge >= 0.3 is 12.4 Å². The molecule has 7 nitrogen and oxygen atoms in total. The summed E-state index contributed by atoms with van der Waals surface area (Å²) < 4.78 is 83.9. The molecule has 2 aromatic rings. The molecule has 1 N–H and O–H groups in total. The van der Waals surface area contributed by atoms with Gasteiger partial charge < -0.3 is 19.7 Å². The second kappa shape index (κ2) is 10.2. The molecule has 0 spiro atoms. The van der Waals surface area contributed by atoms with Gasteiger partial charge in [-0.25, -0.2) is 0 Å². The molecule has 38 heavy (non-hydrogen) atoms. The lowest BCUT2D eigenvalue weighted by Gasteiger charge is -2.29. The van der Waals surface area contributed by atoms with Crippen LogP contribution in [-0.2, 0) is 20.0 Å². The fourth-order valence-electron chi connectivity index (χ4n) is 3.85. The first kappa shape index (κ1) is 27.8. The smallest absolute Gasteiger partial charge is 0.435 e. The number of rotatable bonds is 5. The van der Waals surface area contributed by atoms with Crippen LogP contribution in [0.5, 0.6) is 0 Å². The van der Waals surface area contributed by atoms with Crippen molar-refractivity contribution in [2.45, 2.75) is 43.9 Å². The highest BCUT2D eigenvalue weighted by Crippen LogP contribution is 2.49. The molecule has 0 radical (unpaired) electrons. The Balaban J connectivity index is 1.46. The van der Waals surface area contributed by atoms with Gasteiger partial charge in [-0.1, -0.05) is 34.4 Å². The summed E-state index contributed by atoms with van der Waals surface area (Å²) in [7, 11) is 0. The Labute approximate surface area is 221 Å². The summed E-state index contributed by atoms with van der Waals surface area (Å²) in [6.07, 6.45) is -11.4. The molecule has 15 heteroatoms. The molecule has 0 saturated heterocycles. The number of carbonyl (C=O) groups is 1. The third kappa shape index (κ3) is 5.93. The molecule has 0 saturated carbocycles. The van der Waals surface area contributed by atoms with Crippen molar-refractivity contribution >= 4 is 40.7 Å². The minimum atomic E-state index is -4.87. The van der Waals surface area contributed by atoms with Gasteiger partial charge in [-0.05, 0) is 53.5 Å². The summed E-state index contributed by atoms with van der Waals surface area (Å²) in [6.45, 7) is -0.00356. The maximum absolute atomic E-state index is 14.2. The van der Waals surface area contributed by atoms with Crippen LogP contribution in [0.4, 0.5) is 26.3 Å². The van der Waals surface area contributed by atoms with Crippen LogP contribution in [0.25, 0.3) is 0 Å². The van der Waals surface area contributed by atoms with E-state index >= 15 is 0 Å². The monoisotopic (exact) mass is 583 g/mol. The van der Waals surface area contributed by atoms with Crippen LogP contribution in [0.3, 0.4) is 0 Å². The molecule has 1 amide bonds. The van der Waals surface area contributed by atoms with Crippen molar-refractivity contribution in [3.8, 4) is 0 Å². The Morgan fingerprint density at radius 1 is 1.11 bits per heavy atom. The molecule has 0 aliphatic carbocycles. The third-order valence-corrected chi connectivity index (χ3v) is 6.09. The second-order valence-electron chi connectivity index (χ2n) is 8.48. The van der Waals surface area contributed by atoms with Crippen LogP contribution >= 0.6 is 23.2 Å². The minimum absolute atomic E-state index is 0.00457. The molecule has 2 heterocycles. The van der Waals surface area contributed by atoms with Gasteiger partial charge in [0.05, 0.1) is 12.1 Å². The van der Waals surface area contributed by atoms with Crippen LogP contribution in [-0.4, -0.2) is 42.7 Å². The largest absolute Gasteiger partial charge is 0.469 e. The molecule has 2 aliphatic heterocycles. The first-order valence-electron chi connectivity index (χ1n) is 10.8. The minimum Gasteiger partial charge on any atom is -0.469 e. The molecule has 0 bridgehead atoms. The van der Waals surface area contributed by atoms with E-state index in [2.05, 4.69) is 20.4 Å². The lowest BCUT2D eigenvalue weighted by Crippen LogP contribution is -2.42. The highest BCUT2D eigenvalue weighted by Gasteiger charge is 2.62. The van der Waals surface area contributed by atoms with Crippen molar-refractivity contribution in [1.29, 1.82) is 0 Å². The number of carbonyl (C=O) groups excluding carboxylic acids is 1. The van der Waals surface area contributed by atoms with E-state index < -0.39 is 43.1 Å². The van der Waals surface area contributed by atoms with Gasteiger partial charge in [0.15, 0.2) is 6.61 Å². The Hall–Kier alpha value is -3.19. The van der Waals surface area contributed by atoms with E-state index in [-0.39, 0.29) is 44.8 Å². The average Bonchev–Trinajstić information content (AvgIpc) is 3.44. The number of aryl methyl sites for hydroxylation is 1. The molecule has 204 valence electrons. The number of halogens is 8. The van der Waals surface area contributed by atoms with Crippen molar-refractivity contribution < 1.29 is 45.5 Å². The van der Waals surface area contributed by atoms with Gasteiger partial charge in [-0.3, -0.25) is 4.79 Å². The third-order valence-electron chi connectivity index (χ3n) is 5.66. The van der Waals surface area contributed by atoms with E-state index in [1.165, 1.54) is 24.3 Å². The van der Waals surface area contributed by atoms with Gasteiger partial charge in [-0.2, -0.15) is 26.3 Å². The molecular weight excluding hydrogens is 567 g/mol. The molecule has 4 rings (SSSR count). The van der Waals surface area contributed by atoms with Crippen molar-refractivity contribution in [3.05, 3.63) is 68.7 Å². The van der Waals surface area contributed by atoms with Crippen LogP contribution < -0.4 is 5.32 Å². The van der Waals surface area contributed by atoms with Gasteiger partial charge in [0, 0.05) is 27.6 Å². The molecule has 0 aromatic heterocycles. The van der Waals surface area contributed by atoms with Crippen molar-refractivity contribution in [1.82, 2.24) is 5.32 Å². The SMILES string of the molecule is Cc1cc(C2=NOC(c3cc(Cl)cc(Cl)c3)(C(F)(F)F)C2)ccc1C(=O)N[C@@H]1CC(OCC(F)(F)F)=NO1. The van der Waals surface area contributed by atoms with Gasteiger partial charge in [0.25, 0.3) is 11.5 Å². The van der Waals surface area contributed by atoms with Crippen LogP contribution in [0.1, 0.15) is 39.9 Å². The molecule has 2 aliphatic rings. The number of nitrogens with one attached hydrogen (secondary N) is 1. The number of hydrogen-bond acceptors (Lipinski definition) is 6. The van der Waals surface area contributed by atoms with Crippen molar-refractivity contribution in [2.24, 2.45) is 10.3 Å². The summed E-state index contributed by atoms with van der Waals surface area (Å²) in [5.41, 5.74) is -2.34. The number of alkyl halides is 6. The highest BCUT2D eigenvalue weighted by atomic mass is 35.5. The number of nitrogens with zero attached hydrogens (tertiary/aromatic N) is 2. The van der Waals surface area contributed by atoms with E-state index in [0.717, 1.165) is 12.1 Å². The van der Waals surface area contributed by atoms with Crippen LogP contribution in [0, 0.1) is 6.92 Å². The van der Waals surface area contributed by atoms with E-state index in [9.17, 15) is 31.1 Å². The number of benzene rings is 2. The number of ether oxygens (including phenoxy) is 1. The fourth-order valence-corrected chi connectivity index (χ4v) is 4.38. The predicted octanol–water partition coefficient (Wildman–Crippen LogP) is 6.25. The van der Waals surface area contributed by atoms with E-state index in [1.54, 1.807) is 6.92 Å². The zero-order chi connectivity index (χ0) is 27.9. The molecule has 2 aromatic carbocycles. The summed E-state index contributed by atoms with van der Waals surface area (Å²) >= 11 is 11.8. The average molecular weight is 584 g/mol. The van der Waals surface area contributed by atoms with Gasteiger partial charge in [0.1, 0.15) is 0 Å². The summed E-state index contributed by atoms with van der Waals surface area (Å²) in [5.74, 6) is -0.970. The summed E-state index contributed by atoms with van der Waals surface area (Å²) in [4.78, 5) is 22.5. The maximum atomic E-state index is 14.2. The van der Waals surface area contributed by atoms with E-state index in [0.29, 0.717) is 5.56 Å². The van der Waals surface area contributed by atoms with Gasteiger partial charge in [0.2, 0.25) is 12.1 Å². The zero-order valence-corrected chi connectivity index (χ0v) is 20.7. The zero-order valence-electron chi connectivity index (χ0n) is 19.2. The Bertz CT molecular complexity index is 1290. The lowest BCUT2D eigenvalue weighted by molar-refractivity contribution is -0.275. The summed E-state index contributed by atoms with van der Waals surface area (Å²) in [6, 6.07) is 7.71. The maximum Gasteiger partial charge on any atom is 0.435 e. The van der Waals surface area contributed by atoms with E-state index in [4.69, 9.17) is 32.9 Å². The molecular formula is C23H17Cl2F6N3O4. The van der Waals surface area contributed by atoms with Crippen LogP contribution in [0.15, 0.2) is 46.7 Å². The first-order chi connectivity index (χ1) is 17.7. The summed E-state index contributed by atoms with van der Waals surface area (Å²) in [5, 5.41) is 9.49. The van der Waals surface area contributed by atoms with Crippen molar-refractivity contribution in [3.63, 3.8) is 0 Å². The highest BCUT2D eigenvalue weighted by molar-refractivity contribution is 6.34. The topological polar surface area (TPSA) is 81.5 Å².